The van der Waals surface area contributed by atoms with Gasteiger partial charge in [0.2, 0.25) is 5.91 Å². The second kappa shape index (κ2) is 7.61. The average Bonchev–Trinajstić information content (AvgIpc) is 2.97. The van der Waals surface area contributed by atoms with Crippen molar-refractivity contribution in [3.63, 3.8) is 0 Å². The molecule has 2 N–H and O–H groups in total. The highest BCUT2D eigenvalue weighted by Crippen LogP contribution is 2.24. The van der Waals surface area contributed by atoms with Crippen molar-refractivity contribution in [2.75, 3.05) is 16.8 Å². The SMILES string of the molecule is CC(=O)c1ccc(NC(=O)N[C@@H]2CC(=O)N(c3ccc(C)c(C)c3)C2)cc1. The van der Waals surface area contributed by atoms with E-state index < -0.39 is 0 Å². The Morgan fingerprint density at radius 1 is 1.04 bits per heavy atom. The van der Waals surface area contributed by atoms with Gasteiger partial charge in [0.1, 0.15) is 0 Å². The summed E-state index contributed by atoms with van der Waals surface area (Å²) in [5.41, 5.74) is 4.34. The smallest absolute Gasteiger partial charge is 0.319 e. The quantitative estimate of drug-likeness (QED) is 0.815. The van der Waals surface area contributed by atoms with Crippen LogP contribution in [-0.2, 0) is 4.79 Å². The Morgan fingerprint density at radius 3 is 2.37 bits per heavy atom. The van der Waals surface area contributed by atoms with E-state index in [-0.39, 0.29) is 30.2 Å². The van der Waals surface area contributed by atoms with Crippen LogP contribution in [0.5, 0.6) is 0 Å². The van der Waals surface area contributed by atoms with E-state index in [4.69, 9.17) is 0 Å². The number of nitrogens with one attached hydrogen (secondary N) is 2. The molecule has 6 heteroatoms. The lowest BCUT2D eigenvalue weighted by Gasteiger charge is -2.18. The van der Waals surface area contributed by atoms with E-state index in [0.29, 0.717) is 17.8 Å². The minimum Gasteiger partial charge on any atom is -0.333 e. The largest absolute Gasteiger partial charge is 0.333 e. The molecule has 27 heavy (non-hydrogen) atoms. The van der Waals surface area contributed by atoms with Crippen LogP contribution in [0.4, 0.5) is 16.2 Å². The predicted molar refractivity (Wildman–Crippen MR) is 105 cm³/mol. The molecule has 3 rings (SSSR count). The first-order valence-electron chi connectivity index (χ1n) is 8.89. The minimum atomic E-state index is -0.370. The van der Waals surface area contributed by atoms with Crippen molar-refractivity contribution < 1.29 is 14.4 Å². The normalized spacial score (nSPS) is 16.3. The molecule has 2 aromatic carbocycles. The Kier molecular flexibility index (Phi) is 5.26. The van der Waals surface area contributed by atoms with Gasteiger partial charge in [-0.15, -0.1) is 0 Å². The van der Waals surface area contributed by atoms with Crippen LogP contribution in [0.15, 0.2) is 42.5 Å². The summed E-state index contributed by atoms with van der Waals surface area (Å²) in [6.45, 7) is 5.98. The number of urea groups is 1. The van der Waals surface area contributed by atoms with Crippen LogP contribution >= 0.6 is 0 Å². The summed E-state index contributed by atoms with van der Waals surface area (Å²) >= 11 is 0. The van der Waals surface area contributed by atoms with Gasteiger partial charge in [-0.1, -0.05) is 6.07 Å². The summed E-state index contributed by atoms with van der Waals surface area (Å²) < 4.78 is 0. The lowest BCUT2D eigenvalue weighted by atomic mass is 10.1. The number of Topliss-reactive ketones (excluding diaryl/α,β-unsaturated/α-hetero) is 1. The minimum absolute atomic E-state index is 0.00522. The maximum atomic E-state index is 12.3. The number of benzene rings is 2. The fraction of sp³-hybridized carbons (Fsp3) is 0.286. The lowest BCUT2D eigenvalue weighted by molar-refractivity contribution is -0.117. The third kappa shape index (κ3) is 4.34. The monoisotopic (exact) mass is 365 g/mol. The van der Waals surface area contributed by atoms with Crippen molar-refractivity contribution in [2.24, 2.45) is 0 Å². The fourth-order valence-electron chi connectivity index (χ4n) is 3.09. The topological polar surface area (TPSA) is 78.5 Å². The third-order valence-corrected chi connectivity index (χ3v) is 4.81. The lowest BCUT2D eigenvalue weighted by Crippen LogP contribution is -2.39. The number of rotatable bonds is 4. The number of hydrogen-bond acceptors (Lipinski definition) is 3. The number of ketones is 1. The highest BCUT2D eigenvalue weighted by molar-refractivity contribution is 5.98. The predicted octanol–water partition coefficient (Wildman–Crippen LogP) is 3.43. The third-order valence-electron chi connectivity index (χ3n) is 4.81. The molecule has 0 radical (unpaired) electrons. The van der Waals surface area contributed by atoms with Crippen molar-refractivity contribution in [1.82, 2.24) is 5.32 Å². The number of hydrogen-bond donors (Lipinski definition) is 2. The van der Waals surface area contributed by atoms with Crippen LogP contribution in [0.3, 0.4) is 0 Å². The molecule has 0 bridgehead atoms. The van der Waals surface area contributed by atoms with E-state index in [1.165, 1.54) is 12.5 Å². The van der Waals surface area contributed by atoms with Crippen molar-refractivity contribution in [3.8, 4) is 0 Å². The Labute approximate surface area is 158 Å². The highest BCUT2D eigenvalue weighted by atomic mass is 16.2. The molecule has 140 valence electrons. The Balaban J connectivity index is 1.59. The van der Waals surface area contributed by atoms with Crippen molar-refractivity contribution in [2.45, 2.75) is 33.2 Å². The number of amides is 3. The molecule has 0 unspecified atom stereocenters. The molecule has 3 amide bonds. The zero-order valence-corrected chi connectivity index (χ0v) is 15.7. The summed E-state index contributed by atoms with van der Waals surface area (Å²) in [5, 5.41) is 5.57. The molecule has 0 saturated carbocycles. The summed E-state index contributed by atoms with van der Waals surface area (Å²) in [4.78, 5) is 37.6. The van der Waals surface area contributed by atoms with Crippen LogP contribution in [0.2, 0.25) is 0 Å². The Bertz CT molecular complexity index is 890. The summed E-state index contributed by atoms with van der Waals surface area (Å²) in [6, 6.07) is 12.0. The van der Waals surface area contributed by atoms with Crippen LogP contribution in [-0.4, -0.2) is 30.3 Å². The number of carbonyl (C=O) groups excluding carboxylic acids is 3. The molecule has 0 aromatic heterocycles. The van der Waals surface area contributed by atoms with Gasteiger partial charge in [-0.05, 0) is 68.3 Å². The van der Waals surface area contributed by atoms with Gasteiger partial charge in [-0.2, -0.15) is 0 Å². The van der Waals surface area contributed by atoms with E-state index in [1.54, 1.807) is 29.2 Å². The molecule has 0 aliphatic carbocycles. The van der Waals surface area contributed by atoms with Crippen molar-refractivity contribution in [3.05, 3.63) is 59.2 Å². The first kappa shape index (κ1) is 18.6. The summed E-state index contributed by atoms with van der Waals surface area (Å²) in [6.07, 6.45) is 0.267. The number of anilines is 2. The van der Waals surface area contributed by atoms with Gasteiger partial charge in [0, 0.05) is 29.9 Å². The van der Waals surface area contributed by atoms with Gasteiger partial charge in [-0.25, -0.2) is 4.79 Å². The molecular formula is C21H23N3O3. The molecule has 0 spiro atoms. The van der Waals surface area contributed by atoms with Gasteiger partial charge in [0.15, 0.2) is 5.78 Å². The summed E-state index contributed by atoms with van der Waals surface area (Å²) in [7, 11) is 0. The number of carbonyl (C=O) groups is 3. The standard InChI is InChI=1S/C21H23N3O3/c1-13-4-9-19(10-14(13)2)24-12-18(11-20(24)26)23-21(27)22-17-7-5-16(6-8-17)15(3)25/h4-10,18H,11-12H2,1-3H3,(H2,22,23,27)/t18-/m1/s1. The van der Waals surface area contributed by atoms with Crippen molar-refractivity contribution in [1.29, 1.82) is 0 Å². The van der Waals surface area contributed by atoms with Gasteiger partial charge in [0.05, 0.1) is 6.04 Å². The number of aryl methyl sites for hydroxylation is 2. The van der Waals surface area contributed by atoms with E-state index in [2.05, 4.69) is 10.6 Å². The van der Waals surface area contributed by atoms with E-state index in [0.717, 1.165) is 11.3 Å². The van der Waals surface area contributed by atoms with Gasteiger partial charge in [-0.3, -0.25) is 9.59 Å². The van der Waals surface area contributed by atoms with Crippen LogP contribution in [0.25, 0.3) is 0 Å². The zero-order chi connectivity index (χ0) is 19.6. The van der Waals surface area contributed by atoms with Gasteiger partial charge < -0.3 is 15.5 Å². The molecule has 1 saturated heterocycles. The molecule has 1 heterocycles. The molecule has 1 aliphatic rings. The molecule has 2 aromatic rings. The molecule has 6 nitrogen and oxygen atoms in total. The van der Waals surface area contributed by atoms with Gasteiger partial charge >= 0.3 is 6.03 Å². The first-order chi connectivity index (χ1) is 12.8. The second-order valence-corrected chi connectivity index (χ2v) is 6.91. The molecule has 1 atom stereocenters. The highest BCUT2D eigenvalue weighted by Gasteiger charge is 2.31. The van der Waals surface area contributed by atoms with Crippen LogP contribution in [0, 0.1) is 13.8 Å². The average molecular weight is 365 g/mol. The fourth-order valence-corrected chi connectivity index (χ4v) is 3.09. The first-order valence-corrected chi connectivity index (χ1v) is 8.89. The van der Waals surface area contributed by atoms with Gasteiger partial charge in [0.25, 0.3) is 0 Å². The van der Waals surface area contributed by atoms with Crippen LogP contribution < -0.4 is 15.5 Å². The molecule has 1 aliphatic heterocycles. The van der Waals surface area contributed by atoms with Crippen molar-refractivity contribution >= 4 is 29.1 Å². The Morgan fingerprint density at radius 2 is 1.74 bits per heavy atom. The summed E-state index contributed by atoms with van der Waals surface area (Å²) in [5.74, 6) is -0.0312. The number of nitrogens with zero attached hydrogens (tertiary/aromatic N) is 1. The second-order valence-electron chi connectivity index (χ2n) is 6.91. The molecule has 1 fully saturated rings. The van der Waals surface area contributed by atoms with Crippen LogP contribution in [0.1, 0.15) is 34.8 Å². The maximum Gasteiger partial charge on any atom is 0.319 e. The zero-order valence-electron chi connectivity index (χ0n) is 15.7. The maximum absolute atomic E-state index is 12.3. The van der Waals surface area contributed by atoms with E-state index >= 15 is 0 Å². The Hall–Kier alpha value is -3.15. The van der Waals surface area contributed by atoms with E-state index in [1.807, 2.05) is 32.0 Å². The molecular weight excluding hydrogens is 342 g/mol. The van der Waals surface area contributed by atoms with E-state index in [9.17, 15) is 14.4 Å².